The molecule has 2 fully saturated rings. The Hall–Kier alpha value is -6.68. The standard InChI is InChI=1S/C68H70O11/c69-59-61(72-43-52-29-13-3-14-30-52)64(75-46-55-35-19-6-20-36-55)65(76-47-56-37-21-7-22-38-56)66(62(59)73-44-53-31-15-4-16-32-53)79-68-67(77-48-57-39-23-8-24-40-57)63(74-45-54-33-17-5-18-34-54)60(71-42-51-27-11-2-12-28-51)58(78-68)49-70-41-50-25-9-1-10-26-50/h1-40,58-69H,41-49H2/t58-,59-,60-,61+,62-,63+,64-,65+,66+,67-,68-/m1/s1. The van der Waals surface area contributed by atoms with Gasteiger partial charge in [-0.2, -0.15) is 0 Å². The van der Waals surface area contributed by atoms with Crippen molar-refractivity contribution in [2.45, 2.75) is 120 Å². The van der Waals surface area contributed by atoms with Crippen molar-refractivity contribution in [1.82, 2.24) is 0 Å². The fourth-order valence-corrected chi connectivity index (χ4v) is 10.1. The van der Waals surface area contributed by atoms with Gasteiger partial charge in [-0.05, 0) is 44.5 Å². The van der Waals surface area contributed by atoms with Gasteiger partial charge in [0.2, 0.25) is 0 Å². The highest BCUT2D eigenvalue weighted by molar-refractivity contribution is 5.20. The van der Waals surface area contributed by atoms with Crippen LogP contribution >= 0.6 is 0 Å². The number of aliphatic hydroxyl groups is 1. The Bertz CT molecular complexity index is 2910. The molecule has 0 unspecified atom stereocenters. The van der Waals surface area contributed by atoms with Crippen LogP contribution in [0.5, 0.6) is 0 Å². The van der Waals surface area contributed by atoms with E-state index in [0.29, 0.717) is 6.61 Å². The van der Waals surface area contributed by atoms with Gasteiger partial charge in [0, 0.05) is 0 Å². The number of aliphatic hydroxyl groups excluding tert-OH is 1. The summed E-state index contributed by atoms with van der Waals surface area (Å²) < 4.78 is 70.9. The normalized spacial score (nSPS) is 24.0. The monoisotopic (exact) mass is 1060 g/mol. The van der Waals surface area contributed by atoms with Crippen molar-refractivity contribution in [2.24, 2.45) is 0 Å². The quantitative estimate of drug-likeness (QED) is 0.0531. The van der Waals surface area contributed by atoms with Crippen molar-refractivity contribution in [3.63, 3.8) is 0 Å². The van der Waals surface area contributed by atoms with Crippen LogP contribution in [0.25, 0.3) is 0 Å². The average molecular weight is 1060 g/mol. The number of benzene rings is 8. The second-order valence-electron chi connectivity index (χ2n) is 20.0. The molecule has 11 nitrogen and oxygen atoms in total. The summed E-state index contributed by atoms with van der Waals surface area (Å²) in [5.41, 5.74) is 7.58. The maximum Gasteiger partial charge on any atom is 0.187 e. The molecule has 8 aromatic carbocycles. The van der Waals surface area contributed by atoms with Crippen LogP contribution in [-0.2, 0) is 100 Å². The van der Waals surface area contributed by atoms with Crippen LogP contribution in [0, 0.1) is 0 Å². The molecule has 0 amide bonds. The Labute approximate surface area is 464 Å². The van der Waals surface area contributed by atoms with E-state index >= 15 is 0 Å². The highest BCUT2D eigenvalue weighted by Crippen LogP contribution is 2.39. The molecule has 1 N–H and O–H groups in total. The third-order valence-electron chi connectivity index (χ3n) is 14.2. The van der Waals surface area contributed by atoms with Gasteiger partial charge >= 0.3 is 0 Å². The molecule has 408 valence electrons. The van der Waals surface area contributed by atoms with Crippen LogP contribution in [0.3, 0.4) is 0 Å². The molecule has 1 saturated carbocycles. The molecular weight excluding hydrogens is 993 g/mol. The maximum atomic E-state index is 13.1. The van der Waals surface area contributed by atoms with Gasteiger partial charge in [0.15, 0.2) is 6.29 Å². The molecule has 10 rings (SSSR count). The lowest BCUT2D eigenvalue weighted by Crippen LogP contribution is -2.69. The summed E-state index contributed by atoms with van der Waals surface area (Å²) in [6.07, 6.45) is -10.7. The van der Waals surface area contributed by atoms with Gasteiger partial charge in [0.1, 0.15) is 61.0 Å². The average Bonchev–Trinajstić information content (AvgIpc) is 3.61. The lowest BCUT2D eigenvalue weighted by Gasteiger charge is -2.51. The smallest absolute Gasteiger partial charge is 0.187 e. The van der Waals surface area contributed by atoms with Crippen molar-refractivity contribution in [1.29, 1.82) is 0 Å². The van der Waals surface area contributed by atoms with E-state index in [2.05, 4.69) is 0 Å². The number of hydrogen-bond acceptors (Lipinski definition) is 11. The van der Waals surface area contributed by atoms with E-state index in [1.165, 1.54) is 0 Å². The Morgan fingerprint density at radius 3 is 0.835 bits per heavy atom. The number of rotatable bonds is 27. The minimum atomic E-state index is -1.31. The molecule has 8 aromatic rings. The van der Waals surface area contributed by atoms with Crippen LogP contribution in [0.1, 0.15) is 44.5 Å². The summed E-state index contributed by atoms with van der Waals surface area (Å²) in [5, 5.41) is 13.1. The van der Waals surface area contributed by atoms with E-state index in [1.807, 2.05) is 243 Å². The largest absolute Gasteiger partial charge is 0.387 e. The molecule has 1 heterocycles. The molecule has 11 atom stereocenters. The Balaban J connectivity index is 1.08. The second kappa shape index (κ2) is 29.5. The lowest BCUT2D eigenvalue weighted by atomic mass is 9.83. The van der Waals surface area contributed by atoms with Crippen molar-refractivity contribution < 1.29 is 52.5 Å². The van der Waals surface area contributed by atoms with Crippen molar-refractivity contribution >= 4 is 0 Å². The molecule has 11 heteroatoms. The van der Waals surface area contributed by atoms with Gasteiger partial charge in [-0.25, -0.2) is 0 Å². The molecule has 0 aromatic heterocycles. The summed E-state index contributed by atoms with van der Waals surface area (Å²) in [4.78, 5) is 0. The second-order valence-corrected chi connectivity index (χ2v) is 20.0. The first-order valence-corrected chi connectivity index (χ1v) is 27.3. The van der Waals surface area contributed by atoms with Crippen LogP contribution in [0.4, 0.5) is 0 Å². The van der Waals surface area contributed by atoms with E-state index < -0.39 is 67.3 Å². The topological polar surface area (TPSA) is 113 Å². The third kappa shape index (κ3) is 16.0. The van der Waals surface area contributed by atoms with Crippen molar-refractivity contribution in [3.8, 4) is 0 Å². The van der Waals surface area contributed by atoms with Crippen molar-refractivity contribution in [3.05, 3.63) is 287 Å². The fraction of sp³-hybridized carbons (Fsp3) is 0.294. The summed E-state index contributed by atoms with van der Waals surface area (Å²) in [7, 11) is 0. The zero-order valence-electron chi connectivity index (χ0n) is 44.3. The van der Waals surface area contributed by atoms with E-state index in [1.54, 1.807) is 0 Å². The van der Waals surface area contributed by atoms with E-state index in [9.17, 15) is 5.11 Å². The van der Waals surface area contributed by atoms with Crippen LogP contribution in [0.15, 0.2) is 243 Å². The van der Waals surface area contributed by atoms with Crippen LogP contribution < -0.4 is 0 Å². The fourth-order valence-electron chi connectivity index (χ4n) is 10.1. The zero-order valence-corrected chi connectivity index (χ0v) is 44.3. The third-order valence-corrected chi connectivity index (χ3v) is 14.2. The molecule has 1 aliphatic heterocycles. The highest BCUT2D eigenvalue weighted by Gasteiger charge is 2.57. The number of hydrogen-bond donors (Lipinski definition) is 1. The van der Waals surface area contributed by atoms with E-state index in [-0.39, 0.29) is 52.9 Å². The first-order valence-electron chi connectivity index (χ1n) is 27.3. The molecule has 2 aliphatic rings. The number of ether oxygens (including phenoxy) is 10. The van der Waals surface area contributed by atoms with Crippen LogP contribution in [-0.4, -0.2) is 79.0 Å². The van der Waals surface area contributed by atoms with Crippen molar-refractivity contribution in [2.75, 3.05) is 6.61 Å². The van der Waals surface area contributed by atoms with Gasteiger partial charge in [-0.15, -0.1) is 0 Å². The Morgan fingerprint density at radius 1 is 0.266 bits per heavy atom. The summed E-state index contributed by atoms with van der Waals surface area (Å²) in [6, 6.07) is 79.8. The van der Waals surface area contributed by atoms with E-state index in [4.69, 9.17) is 47.4 Å². The van der Waals surface area contributed by atoms with Crippen LogP contribution in [0.2, 0.25) is 0 Å². The van der Waals surface area contributed by atoms with Gasteiger partial charge in [0.25, 0.3) is 0 Å². The van der Waals surface area contributed by atoms with E-state index in [0.717, 1.165) is 44.5 Å². The first-order chi connectivity index (χ1) is 39.1. The molecule has 0 spiro atoms. The molecule has 1 saturated heterocycles. The molecule has 0 radical (unpaired) electrons. The Morgan fingerprint density at radius 2 is 0.506 bits per heavy atom. The zero-order chi connectivity index (χ0) is 53.7. The summed E-state index contributed by atoms with van der Waals surface area (Å²) in [6.45, 7) is 1.81. The predicted molar refractivity (Wildman–Crippen MR) is 301 cm³/mol. The van der Waals surface area contributed by atoms with Gasteiger partial charge in [-0.1, -0.05) is 243 Å². The SMILES string of the molecule is O[C@H]1[C@@H](OCc2ccccc2)[C@H](O[C@H]2O[C@H](COCc3ccccc3)[C@@H](OCc3ccccc3)[C@H](OCc3ccccc3)[C@H]2OCc2ccccc2)[C@@H](OCc2ccccc2)[C@H](OCc2ccccc2)[C@H]1OCc1ccccc1. The molecule has 0 bridgehead atoms. The molecule has 79 heavy (non-hydrogen) atoms. The molecular formula is C68H70O11. The Kier molecular flexibility index (Phi) is 20.8. The van der Waals surface area contributed by atoms with Gasteiger partial charge in [-0.3, -0.25) is 0 Å². The summed E-state index contributed by atoms with van der Waals surface area (Å²) in [5.74, 6) is 0. The molecule has 1 aliphatic carbocycles. The highest BCUT2D eigenvalue weighted by atomic mass is 16.7. The minimum Gasteiger partial charge on any atom is -0.387 e. The van der Waals surface area contributed by atoms with Gasteiger partial charge in [0.05, 0.1) is 59.5 Å². The van der Waals surface area contributed by atoms with Gasteiger partial charge < -0.3 is 52.5 Å². The summed E-state index contributed by atoms with van der Waals surface area (Å²) >= 11 is 0. The minimum absolute atomic E-state index is 0.109. The predicted octanol–water partition coefficient (Wildman–Crippen LogP) is 11.8. The maximum absolute atomic E-state index is 13.1. The first kappa shape index (κ1) is 55.6. The lowest BCUT2D eigenvalue weighted by molar-refractivity contribution is -0.364.